The second-order valence-corrected chi connectivity index (χ2v) is 8.50. The lowest BCUT2D eigenvalue weighted by Crippen LogP contribution is -1.94. The summed E-state index contributed by atoms with van der Waals surface area (Å²) in [6.45, 7) is 0. The van der Waals surface area contributed by atoms with Crippen LogP contribution in [0, 0.1) is 0 Å². The fourth-order valence-electron chi connectivity index (χ4n) is 5.02. The van der Waals surface area contributed by atoms with Gasteiger partial charge in [-0.2, -0.15) is 0 Å². The van der Waals surface area contributed by atoms with Crippen LogP contribution in [0.15, 0.2) is 95.5 Å². The van der Waals surface area contributed by atoms with E-state index >= 15 is 0 Å². The summed E-state index contributed by atoms with van der Waals surface area (Å²) < 4.78 is 5.95. The van der Waals surface area contributed by atoms with Crippen LogP contribution in [0.4, 0.5) is 0 Å². The molecular weight excluding hydrogens is 420 g/mol. The first-order valence-corrected chi connectivity index (χ1v) is 10.5. The van der Waals surface area contributed by atoms with Gasteiger partial charge in [0.1, 0.15) is 0 Å². The van der Waals surface area contributed by atoms with Gasteiger partial charge in [0.15, 0.2) is 0 Å². The zero-order valence-electron chi connectivity index (χ0n) is 15.4. The van der Waals surface area contributed by atoms with Crippen LogP contribution in [0.2, 0.25) is 0 Å². The number of fused-ring (bicyclic) bond motifs is 8. The highest BCUT2D eigenvalue weighted by molar-refractivity contribution is 9.10. The van der Waals surface area contributed by atoms with Crippen molar-refractivity contribution in [1.29, 1.82) is 0 Å². The fraction of sp³-hybridized carbons (Fsp3) is 0. The molecule has 2 nitrogen and oxygen atoms in total. The Morgan fingerprint density at radius 2 is 1.31 bits per heavy atom. The maximum atomic E-state index is 3.70. The summed E-state index contributed by atoms with van der Waals surface area (Å²) in [6.07, 6.45) is 0. The van der Waals surface area contributed by atoms with Crippen LogP contribution >= 0.6 is 15.9 Å². The average Bonchev–Trinajstić information content (AvgIpc) is 3.38. The number of rotatable bonds is 1. The second kappa shape index (κ2) is 5.40. The zero-order chi connectivity index (χ0) is 19.1. The number of pyridine rings is 1. The summed E-state index contributed by atoms with van der Waals surface area (Å²) >= 11 is 3.70. The Morgan fingerprint density at radius 3 is 2.17 bits per heavy atom. The van der Waals surface area contributed by atoms with E-state index < -0.39 is 0 Å². The number of nitrogens with zero attached hydrogens (tertiary/aromatic N) is 2. The molecule has 3 heteroatoms. The van der Waals surface area contributed by atoms with Gasteiger partial charge in [0.05, 0.1) is 27.6 Å². The Bertz CT molecular complexity index is 1700. The third-order valence-electron chi connectivity index (χ3n) is 6.09. The minimum absolute atomic E-state index is 1.10. The van der Waals surface area contributed by atoms with Crippen LogP contribution in [0.5, 0.6) is 0 Å². The van der Waals surface area contributed by atoms with Gasteiger partial charge in [-0.25, -0.2) is 0 Å². The van der Waals surface area contributed by atoms with E-state index in [2.05, 4.69) is 116 Å². The van der Waals surface area contributed by atoms with E-state index in [0.29, 0.717) is 0 Å². The van der Waals surface area contributed by atoms with Gasteiger partial charge >= 0.3 is 0 Å². The minimum Gasteiger partial charge on any atom is -0.307 e. The van der Waals surface area contributed by atoms with E-state index in [0.717, 1.165) is 4.47 Å². The lowest BCUT2D eigenvalue weighted by Gasteiger charge is -2.08. The summed E-state index contributed by atoms with van der Waals surface area (Å²) in [5, 5.41) is 5.22. The molecule has 0 aliphatic heterocycles. The molecule has 0 saturated carbocycles. The molecule has 0 saturated heterocycles. The van der Waals surface area contributed by atoms with Crippen LogP contribution in [-0.2, 0) is 0 Å². The number of hydrogen-bond donors (Lipinski definition) is 0. The van der Waals surface area contributed by atoms with Crippen molar-refractivity contribution in [3.63, 3.8) is 0 Å². The summed E-state index contributed by atoms with van der Waals surface area (Å²) in [5.41, 5.74) is 7.52. The lowest BCUT2D eigenvalue weighted by molar-refractivity contribution is 1.18. The quantitative estimate of drug-likeness (QED) is 0.252. The van der Waals surface area contributed by atoms with Gasteiger partial charge < -0.3 is 8.97 Å². The molecule has 0 unspecified atom stereocenters. The Hall–Kier alpha value is -3.30. The van der Waals surface area contributed by atoms with Gasteiger partial charge in [-0.3, -0.25) is 0 Å². The highest BCUT2D eigenvalue weighted by Crippen LogP contribution is 2.44. The summed E-state index contributed by atoms with van der Waals surface area (Å²) in [4.78, 5) is 0. The maximum absolute atomic E-state index is 3.70. The third kappa shape index (κ3) is 1.86. The molecule has 0 radical (unpaired) electrons. The van der Waals surface area contributed by atoms with Gasteiger partial charge in [-0.1, -0.05) is 64.5 Å². The van der Waals surface area contributed by atoms with Crippen molar-refractivity contribution in [3.8, 4) is 5.69 Å². The van der Waals surface area contributed by atoms with Gasteiger partial charge in [0, 0.05) is 31.7 Å². The van der Waals surface area contributed by atoms with E-state index in [1.54, 1.807) is 0 Å². The van der Waals surface area contributed by atoms with E-state index in [1.807, 2.05) is 0 Å². The summed E-state index contributed by atoms with van der Waals surface area (Å²) in [7, 11) is 0. The number of aromatic nitrogens is 2. The largest absolute Gasteiger partial charge is 0.307 e. The molecule has 0 fully saturated rings. The van der Waals surface area contributed by atoms with Crippen molar-refractivity contribution in [3.05, 3.63) is 95.5 Å². The fourth-order valence-corrected chi connectivity index (χ4v) is 5.38. The smallest absolute Gasteiger partial charge is 0.0803 e. The minimum atomic E-state index is 1.10. The number of para-hydroxylation sites is 1. The zero-order valence-corrected chi connectivity index (χ0v) is 17.0. The second-order valence-electron chi connectivity index (χ2n) is 7.58. The molecule has 4 aromatic heterocycles. The Morgan fingerprint density at radius 1 is 0.552 bits per heavy atom. The van der Waals surface area contributed by atoms with Gasteiger partial charge in [0.25, 0.3) is 0 Å². The molecule has 29 heavy (non-hydrogen) atoms. The molecular formula is C26H15BrN2. The molecule has 7 rings (SSSR count). The van der Waals surface area contributed by atoms with E-state index in [9.17, 15) is 0 Å². The molecule has 0 aliphatic rings. The SMILES string of the molecule is Brc1ccc2c(c1)c1c(c3cccc4c5ccccc5c1n43)n2-c1ccccc1. The highest BCUT2D eigenvalue weighted by Gasteiger charge is 2.23. The molecule has 3 aromatic carbocycles. The van der Waals surface area contributed by atoms with Crippen LogP contribution in [0.25, 0.3) is 54.8 Å². The van der Waals surface area contributed by atoms with Crippen molar-refractivity contribution in [1.82, 2.24) is 8.97 Å². The van der Waals surface area contributed by atoms with Crippen LogP contribution in [-0.4, -0.2) is 8.97 Å². The number of benzene rings is 3. The molecule has 136 valence electrons. The Kier molecular flexibility index (Phi) is 2.90. The molecule has 4 heterocycles. The summed E-state index contributed by atoms with van der Waals surface area (Å²) in [5.74, 6) is 0. The van der Waals surface area contributed by atoms with Crippen molar-refractivity contribution in [2.75, 3.05) is 0 Å². The Balaban J connectivity index is 1.88. The van der Waals surface area contributed by atoms with Crippen molar-refractivity contribution >= 4 is 65.1 Å². The van der Waals surface area contributed by atoms with E-state index in [1.165, 1.54) is 54.8 Å². The number of hydrogen-bond acceptors (Lipinski definition) is 0. The lowest BCUT2D eigenvalue weighted by atomic mass is 10.1. The number of halogens is 1. The van der Waals surface area contributed by atoms with Gasteiger partial charge in [-0.05, 0) is 42.5 Å². The molecule has 0 bridgehead atoms. The maximum Gasteiger partial charge on any atom is 0.0803 e. The van der Waals surface area contributed by atoms with Crippen molar-refractivity contribution < 1.29 is 0 Å². The predicted octanol–water partition coefficient (Wildman–Crippen LogP) is 7.54. The first kappa shape index (κ1) is 15.6. The van der Waals surface area contributed by atoms with Crippen LogP contribution < -0.4 is 0 Å². The average molecular weight is 435 g/mol. The molecule has 0 N–H and O–H groups in total. The first-order chi connectivity index (χ1) is 14.3. The molecule has 0 amide bonds. The van der Waals surface area contributed by atoms with Gasteiger partial charge in [-0.15, -0.1) is 0 Å². The molecule has 7 aromatic rings. The molecule has 0 aliphatic carbocycles. The normalized spacial score (nSPS) is 12.3. The van der Waals surface area contributed by atoms with Crippen molar-refractivity contribution in [2.45, 2.75) is 0 Å². The predicted molar refractivity (Wildman–Crippen MR) is 126 cm³/mol. The topological polar surface area (TPSA) is 9.34 Å². The Labute approximate surface area is 175 Å². The molecule has 0 spiro atoms. The molecule has 0 atom stereocenters. The van der Waals surface area contributed by atoms with E-state index in [-0.39, 0.29) is 0 Å². The monoisotopic (exact) mass is 434 g/mol. The van der Waals surface area contributed by atoms with Crippen molar-refractivity contribution in [2.24, 2.45) is 0 Å². The van der Waals surface area contributed by atoms with Gasteiger partial charge in [0.2, 0.25) is 0 Å². The highest BCUT2D eigenvalue weighted by atomic mass is 79.9. The van der Waals surface area contributed by atoms with E-state index in [4.69, 9.17) is 0 Å². The first-order valence-electron chi connectivity index (χ1n) is 9.75. The standard InChI is InChI=1S/C26H15BrN2/c27-16-13-14-22-20(15-16)24-25-19-10-5-4-9-18(19)21-11-6-12-23(29(21)25)26(24)28(22)17-7-2-1-3-8-17/h1-15H. The summed E-state index contributed by atoms with van der Waals surface area (Å²) in [6, 6.07) is 32.7. The van der Waals surface area contributed by atoms with Crippen LogP contribution in [0.1, 0.15) is 0 Å². The third-order valence-corrected chi connectivity index (χ3v) is 6.59. The van der Waals surface area contributed by atoms with Crippen LogP contribution in [0.3, 0.4) is 0 Å².